The zero-order valence-electron chi connectivity index (χ0n) is 9.20. The van der Waals surface area contributed by atoms with Crippen LogP contribution in [0.2, 0.25) is 0 Å². The summed E-state index contributed by atoms with van der Waals surface area (Å²) in [6, 6.07) is 13.7. The van der Waals surface area contributed by atoms with E-state index in [0.717, 1.165) is 28.2 Å². The SMILES string of the molecule is CNc1cc(-c2ccccc2N)ccc1N. The molecule has 0 heterocycles. The number of hydrogen-bond donors (Lipinski definition) is 3. The Kier molecular flexibility index (Phi) is 2.68. The molecule has 2 rings (SSSR count). The molecule has 16 heavy (non-hydrogen) atoms. The van der Waals surface area contributed by atoms with Crippen LogP contribution < -0.4 is 16.8 Å². The zero-order chi connectivity index (χ0) is 11.5. The normalized spacial score (nSPS) is 10.1. The quantitative estimate of drug-likeness (QED) is 0.672. The molecule has 0 aromatic heterocycles. The van der Waals surface area contributed by atoms with Gasteiger partial charge in [0.05, 0.1) is 11.4 Å². The van der Waals surface area contributed by atoms with Crippen LogP contribution in [0.5, 0.6) is 0 Å². The van der Waals surface area contributed by atoms with E-state index < -0.39 is 0 Å². The Hall–Kier alpha value is -2.16. The molecular formula is C13H15N3. The van der Waals surface area contributed by atoms with Gasteiger partial charge < -0.3 is 16.8 Å². The summed E-state index contributed by atoms with van der Waals surface area (Å²) < 4.78 is 0. The molecule has 0 atom stereocenters. The molecule has 0 aliphatic rings. The van der Waals surface area contributed by atoms with Crippen molar-refractivity contribution in [3.8, 4) is 11.1 Å². The van der Waals surface area contributed by atoms with Crippen molar-refractivity contribution in [3.63, 3.8) is 0 Å². The molecule has 3 heteroatoms. The van der Waals surface area contributed by atoms with Gasteiger partial charge in [-0.25, -0.2) is 0 Å². The third-order valence-corrected chi connectivity index (χ3v) is 2.59. The van der Waals surface area contributed by atoms with Crippen molar-refractivity contribution in [2.24, 2.45) is 0 Å². The van der Waals surface area contributed by atoms with Crippen LogP contribution in [-0.2, 0) is 0 Å². The molecule has 0 saturated carbocycles. The van der Waals surface area contributed by atoms with Gasteiger partial charge >= 0.3 is 0 Å². The minimum absolute atomic E-state index is 0.737. The van der Waals surface area contributed by atoms with Gasteiger partial charge in [-0.1, -0.05) is 24.3 Å². The van der Waals surface area contributed by atoms with E-state index in [1.54, 1.807) is 0 Å². The van der Waals surface area contributed by atoms with E-state index in [1.165, 1.54) is 0 Å². The first-order valence-electron chi connectivity index (χ1n) is 5.14. The van der Waals surface area contributed by atoms with Gasteiger partial charge in [0.2, 0.25) is 0 Å². The Bertz CT molecular complexity index is 506. The summed E-state index contributed by atoms with van der Waals surface area (Å²) in [6.45, 7) is 0. The van der Waals surface area contributed by atoms with Gasteiger partial charge in [-0.05, 0) is 23.8 Å². The summed E-state index contributed by atoms with van der Waals surface area (Å²) in [5.74, 6) is 0. The second kappa shape index (κ2) is 4.14. The monoisotopic (exact) mass is 213 g/mol. The number of nitrogens with one attached hydrogen (secondary N) is 1. The van der Waals surface area contributed by atoms with Crippen molar-refractivity contribution in [3.05, 3.63) is 42.5 Å². The maximum atomic E-state index is 5.93. The lowest BCUT2D eigenvalue weighted by atomic mass is 10.0. The second-order valence-electron chi connectivity index (χ2n) is 3.64. The Balaban J connectivity index is 2.53. The molecule has 82 valence electrons. The highest BCUT2D eigenvalue weighted by Crippen LogP contribution is 2.30. The summed E-state index contributed by atoms with van der Waals surface area (Å²) in [5.41, 5.74) is 16.3. The Morgan fingerprint density at radius 1 is 0.938 bits per heavy atom. The molecule has 0 aliphatic heterocycles. The van der Waals surface area contributed by atoms with Crippen molar-refractivity contribution < 1.29 is 0 Å². The lowest BCUT2D eigenvalue weighted by Crippen LogP contribution is -1.96. The molecule has 0 saturated heterocycles. The van der Waals surface area contributed by atoms with E-state index in [9.17, 15) is 0 Å². The lowest BCUT2D eigenvalue weighted by molar-refractivity contribution is 1.50. The van der Waals surface area contributed by atoms with Gasteiger partial charge in [0, 0.05) is 18.3 Å². The number of nitrogen functional groups attached to an aromatic ring is 2. The summed E-state index contributed by atoms with van der Waals surface area (Å²) >= 11 is 0. The minimum atomic E-state index is 0.737. The van der Waals surface area contributed by atoms with E-state index >= 15 is 0 Å². The highest BCUT2D eigenvalue weighted by atomic mass is 14.8. The Labute approximate surface area is 95.1 Å². The first-order chi connectivity index (χ1) is 7.72. The molecule has 2 aromatic rings. The van der Waals surface area contributed by atoms with Crippen molar-refractivity contribution in [2.75, 3.05) is 23.8 Å². The number of benzene rings is 2. The molecule has 3 nitrogen and oxygen atoms in total. The topological polar surface area (TPSA) is 64.1 Å². The van der Waals surface area contributed by atoms with Gasteiger partial charge in [0.25, 0.3) is 0 Å². The zero-order valence-corrected chi connectivity index (χ0v) is 9.20. The van der Waals surface area contributed by atoms with Crippen molar-refractivity contribution >= 4 is 17.1 Å². The number of para-hydroxylation sites is 1. The largest absolute Gasteiger partial charge is 0.398 e. The highest BCUT2D eigenvalue weighted by molar-refractivity contribution is 5.81. The second-order valence-corrected chi connectivity index (χ2v) is 3.64. The predicted molar refractivity (Wildman–Crippen MR) is 70.2 cm³/mol. The average Bonchev–Trinajstić information content (AvgIpc) is 2.31. The molecule has 0 fully saturated rings. The van der Waals surface area contributed by atoms with Gasteiger partial charge in [0.15, 0.2) is 0 Å². The summed E-state index contributed by atoms with van der Waals surface area (Å²) in [7, 11) is 1.85. The lowest BCUT2D eigenvalue weighted by Gasteiger charge is -2.09. The first kappa shape index (κ1) is 10.4. The fourth-order valence-electron chi connectivity index (χ4n) is 1.70. The average molecular weight is 213 g/mol. The Morgan fingerprint density at radius 2 is 1.69 bits per heavy atom. The first-order valence-corrected chi connectivity index (χ1v) is 5.14. The van der Waals surface area contributed by atoms with Crippen LogP contribution in [0.15, 0.2) is 42.5 Å². The van der Waals surface area contributed by atoms with Crippen molar-refractivity contribution in [1.29, 1.82) is 0 Å². The summed E-state index contributed by atoms with van der Waals surface area (Å²) in [5, 5.41) is 3.06. The molecule has 0 radical (unpaired) electrons. The number of nitrogens with two attached hydrogens (primary N) is 2. The summed E-state index contributed by atoms with van der Waals surface area (Å²) in [6.07, 6.45) is 0. The third-order valence-electron chi connectivity index (χ3n) is 2.59. The molecule has 0 amide bonds. The Morgan fingerprint density at radius 3 is 2.38 bits per heavy atom. The van der Waals surface area contributed by atoms with E-state index in [2.05, 4.69) is 5.32 Å². The van der Waals surface area contributed by atoms with Gasteiger partial charge in [-0.15, -0.1) is 0 Å². The molecule has 0 spiro atoms. The van der Waals surface area contributed by atoms with Crippen LogP contribution in [0.25, 0.3) is 11.1 Å². The fraction of sp³-hybridized carbons (Fsp3) is 0.0769. The van der Waals surface area contributed by atoms with Gasteiger partial charge in [-0.2, -0.15) is 0 Å². The van der Waals surface area contributed by atoms with Crippen LogP contribution in [0.1, 0.15) is 0 Å². The maximum Gasteiger partial charge on any atom is 0.0577 e. The van der Waals surface area contributed by atoms with Crippen LogP contribution in [-0.4, -0.2) is 7.05 Å². The van der Waals surface area contributed by atoms with E-state index in [1.807, 2.05) is 49.5 Å². The number of anilines is 3. The molecule has 2 aromatic carbocycles. The van der Waals surface area contributed by atoms with Crippen LogP contribution in [0.4, 0.5) is 17.1 Å². The minimum Gasteiger partial charge on any atom is -0.398 e. The van der Waals surface area contributed by atoms with Gasteiger partial charge in [0.1, 0.15) is 0 Å². The fourth-order valence-corrected chi connectivity index (χ4v) is 1.70. The maximum absolute atomic E-state index is 5.93. The summed E-state index contributed by atoms with van der Waals surface area (Å²) in [4.78, 5) is 0. The number of hydrogen-bond acceptors (Lipinski definition) is 3. The van der Waals surface area contributed by atoms with Crippen LogP contribution >= 0.6 is 0 Å². The molecule has 0 aliphatic carbocycles. The number of rotatable bonds is 2. The molecule has 5 N–H and O–H groups in total. The standard InChI is InChI=1S/C13H15N3/c1-16-13-8-9(6-7-12(13)15)10-4-2-3-5-11(10)14/h2-8,16H,14-15H2,1H3. The molecule has 0 unspecified atom stereocenters. The van der Waals surface area contributed by atoms with Crippen LogP contribution in [0.3, 0.4) is 0 Å². The third kappa shape index (κ3) is 1.80. The smallest absolute Gasteiger partial charge is 0.0577 e. The van der Waals surface area contributed by atoms with Crippen LogP contribution in [0, 0.1) is 0 Å². The van der Waals surface area contributed by atoms with E-state index in [4.69, 9.17) is 11.5 Å². The highest BCUT2D eigenvalue weighted by Gasteiger charge is 2.04. The van der Waals surface area contributed by atoms with Gasteiger partial charge in [-0.3, -0.25) is 0 Å². The van der Waals surface area contributed by atoms with E-state index in [0.29, 0.717) is 0 Å². The van der Waals surface area contributed by atoms with Crippen molar-refractivity contribution in [1.82, 2.24) is 0 Å². The predicted octanol–water partition coefficient (Wildman–Crippen LogP) is 2.56. The molecular weight excluding hydrogens is 198 g/mol. The van der Waals surface area contributed by atoms with E-state index in [-0.39, 0.29) is 0 Å². The molecule has 0 bridgehead atoms. The van der Waals surface area contributed by atoms with Crippen molar-refractivity contribution in [2.45, 2.75) is 0 Å².